The lowest BCUT2D eigenvalue weighted by molar-refractivity contribution is -0.120. The summed E-state index contributed by atoms with van der Waals surface area (Å²) in [6.07, 6.45) is 4.08. The van der Waals surface area contributed by atoms with Crippen LogP contribution in [0.2, 0.25) is 0 Å². The number of hydrogen-bond donors (Lipinski definition) is 3. The molecule has 4 N–H and O–H groups in total. The molecule has 0 spiro atoms. The zero-order chi connectivity index (χ0) is 23.8. The quantitative estimate of drug-likeness (QED) is 0.551. The van der Waals surface area contributed by atoms with E-state index in [1.807, 2.05) is 0 Å². The Labute approximate surface area is 192 Å². The molecule has 11 heteroatoms. The molecule has 0 bridgehead atoms. The van der Waals surface area contributed by atoms with Gasteiger partial charge in [0.1, 0.15) is 10.6 Å². The first-order chi connectivity index (χ1) is 15.6. The summed E-state index contributed by atoms with van der Waals surface area (Å²) in [5, 5.41) is 5.76. The molecule has 1 aliphatic carbocycles. The molecule has 1 aromatic carbocycles. The van der Waals surface area contributed by atoms with E-state index in [4.69, 9.17) is 5.73 Å². The molecule has 0 atom stereocenters. The molecule has 4 rings (SSSR count). The van der Waals surface area contributed by atoms with Crippen molar-refractivity contribution in [3.63, 3.8) is 0 Å². The van der Waals surface area contributed by atoms with Gasteiger partial charge in [-0.2, -0.15) is 4.31 Å². The predicted molar refractivity (Wildman–Crippen MR) is 121 cm³/mol. The van der Waals surface area contributed by atoms with Gasteiger partial charge in [0.2, 0.25) is 15.9 Å². The van der Waals surface area contributed by atoms with E-state index in [0.717, 1.165) is 12.8 Å². The highest BCUT2D eigenvalue weighted by Crippen LogP contribution is 2.26. The van der Waals surface area contributed by atoms with Gasteiger partial charge in [-0.3, -0.25) is 14.4 Å². The van der Waals surface area contributed by atoms with Crippen molar-refractivity contribution in [3.8, 4) is 0 Å². The van der Waals surface area contributed by atoms with Gasteiger partial charge in [-0.15, -0.1) is 0 Å². The van der Waals surface area contributed by atoms with E-state index in [1.54, 1.807) is 31.3 Å². The molecular formula is C22H27N5O5S. The Kier molecular flexibility index (Phi) is 6.26. The topological polar surface area (TPSA) is 144 Å². The summed E-state index contributed by atoms with van der Waals surface area (Å²) in [5.74, 6) is -1.42. The first-order valence-corrected chi connectivity index (χ1v) is 12.3. The lowest BCUT2D eigenvalue weighted by Gasteiger charge is -2.30. The molecule has 2 heterocycles. The van der Waals surface area contributed by atoms with Gasteiger partial charge in [-0.1, -0.05) is 6.07 Å². The van der Waals surface area contributed by atoms with Crippen LogP contribution < -0.4 is 16.4 Å². The van der Waals surface area contributed by atoms with E-state index >= 15 is 0 Å². The van der Waals surface area contributed by atoms with Crippen LogP contribution in [-0.4, -0.2) is 54.1 Å². The van der Waals surface area contributed by atoms with E-state index in [0.29, 0.717) is 24.1 Å². The molecule has 2 fully saturated rings. The van der Waals surface area contributed by atoms with Crippen molar-refractivity contribution in [2.45, 2.75) is 36.6 Å². The van der Waals surface area contributed by atoms with Gasteiger partial charge in [-0.25, -0.2) is 8.42 Å². The highest BCUT2D eigenvalue weighted by atomic mass is 32.2. The molecule has 33 heavy (non-hydrogen) atoms. The number of nitrogens with one attached hydrogen (secondary N) is 2. The summed E-state index contributed by atoms with van der Waals surface area (Å²) in [6.45, 7) is 0.371. The van der Waals surface area contributed by atoms with Crippen molar-refractivity contribution in [1.29, 1.82) is 0 Å². The second kappa shape index (κ2) is 8.99. The average Bonchev–Trinajstić information content (AvgIpc) is 3.51. The molecule has 1 aromatic heterocycles. The van der Waals surface area contributed by atoms with Crippen LogP contribution in [0.15, 0.2) is 41.4 Å². The molecular weight excluding hydrogens is 446 g/mol. The van der Waals surface area contributed by atoms with Gasteiger partial charge in [0.25, 0.3) is 11.8 Å². The number of primary amides is 1. The molecule has 2 aliphatic rings. The lowest BCUT2D eigenvalue weighted by Crippen LogP contribution is -2.41. The van der Waals surface area contributed by atoms with Gasteiger partial charge in [0, 0.05) is 49.5 Å². The number of aromatic nitrogens is 1. The van der Waals surface area contributed by atoms with Gasteiger partial charge >= 0.3 is 0 Å². The zero-order valence-electron chi connectivity index (χ0n) is 18.3. The summed E-state index contributed by atoms with van der Waals surface area (Å²) in [6, 6.07) is 8.29. The fraction of sp³-hybridized carbons (Fsp3) is 0.409. The normalized spacial score (nSPS) is 17.5. The predicted octanol–water partition coefficient (Wildman–Crippen LogP) is 1.06. The van der Waals surface area contributed by atoms with Crippen molar-refractivity contribution >= 4 is 33.4 Å². The third-order valence-electron chi connectivity index (χ3n) is 6.00. The highest BCUT2D eigenvalue weighted by Gasteiger charge is 2.33. The fourth-order valence-electron chi connectivity index (χ4n) is 3.91. The summed E-state index contributed by atoms with van der Waals surface area (Å²) >= 11 is 0. The van der Waals surface area contributed by atoms with Crippen molar-refractivity contribution in [1.82, 2.24) is 14.2 Å². The van der Waals surface area contributed by atoms with Crippen LogP contribution in [0.1, 0.15) is 46.5 Å². The standard InChI is InChI=1S/C22H27N5O5S/c1-26-13-18(12-19(26)20(23)28)33(31,32)27-9-7-14(8-10-27)21(29)25-17-4-2-3-15(11-17)22(30)24-16-5-6-16/h2-4,11-14,16H,5-10H2,1H3,(H2,23,28)(H,24,30)(H,25,29). The number of benzene rings is 1. The monoisotopic (exact) mass is 473 g/mol. The Balaban J connectivity index is 1.36. The van der Waals surface area contributed by atoms with Crippen LogP contribution in [0.25, 0.3) is 0 Å². The lowest BCUT2D eigenvalue weighted by atomic mass is 9.97. The molecule has 10 nitrogen and oxygen atoms in total. The van der Waals surface area contributed by atoms with Gasteiger partial charge in [0.05, 0.1) is 0 Å². The molecule has 3 amide bonds. The Hall–Kier alpha value is -3.18. The first-order valence-electron chi connectivity index (χ1n) is 10.8. The van der Waals surface area contributed by atoms with E-state index < -0.39 is 15.9 Å². The number of amides is 3. The summed E-state index contributed by atoms with van der Waals surface area (Å²) in [5.41, 5.74) is 6.40. The Morgan fingerprint density at radius 3 is 2.36 bits per heavy atom. The van der Waals surface area contributed by atoms with Crippen molar-refractivity contribution in [2.75, 3.05) is 18.4 Å². The summed E-state index contributed by atoms with van der Waals surface area (Å²) in [4.78, 5) is 36.4. The fourth-order valence-corrected chi connectivity index (χ4v) is 5.45. The maximum Gasteiger partial charge on any atom is 0.265 e. The molecule has 1 aliphatic heterocycles. The molecule has 176 valence electrons. The van der Waals surface area contributed by atoms with Crippen LogP contribution in [0.5, 0.6) is 0 Å². The van der Waals surface area contributed by atoms with Gasteiger partial charge < -0.3 is 20.9 Å². The molecule has 0 radical (unpaired) electrons. The Morgan fingerprint density at radius 2 is 1.76 bits per heavy atom. The Bertz CT molecular complexity index is 1190. The number of nitrogens with two attached hydrogens (primary N) is 1. The third-order valence-corrected chi connectivity index (χ3v) is 7.86. The minimum absolute atomic E-state index is 0.00277. The van der Waals surface area contributed by atoms with Crippen molar-refractivity contribution in [3.05, 3.63) is 47.8 Å². The van der Waals surface area contributed by atoms with Crippen LogP contribution in [0.4, 0.5) is 5.69 Å². The number of aryl methyl sites for hydroxylation is 1. The van der Waals surface area contributed by atoms with E-state index in [-0.39, 0.29) is 47.5 Å². The maximum absolute atomic E-state index is 12.9. The maximum atomic E-state index is 12.9. The third kappa shape index (κ3) is 5.09. The molecule has 1 saturated carbocycles. The second-order valence-corrected chi connectivity index (χ2v) is 10.5. The second-order valence-electron chi connectivity index (χ2n) is 8.53. The van der Waals surface area contributed by atoms with Gasteiger partial charge in [-0.05, 0) is 49.9 Å². The summed E-state index contributed by atoms with van der Waals surface area (Å²) in [7, 11) is -2.24. The van der Waals surface area contributed by atoms with E-state index in [9.17, 15) is 22.8 Å². The van der Waals surface area contributed by atoms with Gasteiger partial charge in [0.15, 0.2) is 0 Å². The van der Waals surface area contributed by atoms with E-state index in [1.165, 1.54) is 21.1 Å². The van der Waals surface area contributed by atoms with Crippen molar-refractivity contribution < 1.29 is 22.8 Å². The molecule has 2 aromatic rings. The number of nitrogens with zero attached hydrogens (tertiary/aromatic N) is 2. The summed E-state index contributed by atoms with van der Waals surface area (Å²) < 4.78 is 28.6. The number of carbonyl (C=O) groups excluding carboxylic acids is 3. The largest absolute Gasteiger partial charge is 0.364 e. The minimum Gasteiger partial charge on any atom is -0.364 e. The SMILES string of the molecule is Cn1cc(S(=O)(=O)N2CCC(C(=O)Nc3cccc(C(=O)NC4CC4)c3)CC2)cc1C(N)=O. The Morgan fingerprint density at radius 1 is 1.06 bits per heavy atom. The minimum atomic E-state index is -3.80. The van der Waals surface area contributed by atoms with Crippen molar-refractivity contribution in [2.24, 2.45) is 18.7 Å². The number of hydrogen-bond acceptors (Lipinski definition) is 5. The average molecular weight is 474 g/mol. The number of sulfonamides is 1. The zero-order valence-corrected chi connectivity index (χ0v) is 19.1. The van der Waals surface area contributed by atoms with Crippen LogP contribution in [0.3, 0.4) is 0 Å². The van der Waals surface area contributed by atoms with Crippen LogP contribution >= 0.6 is 0 Å². The van der Waals surface area contributed by atoms with Crippen LogP contribution in [0, 0.1) is 5.92 Å². The molecule has 1 saturated heterocycles. The van der Waals surface area contributed by atoms with E-state index in [2.05, 4.69) is 10.6 Å². The number of anilines is 1. The number of carbonyl (C=O) groups is 3. The number of rotatable bonds is 7. The molecule has 0 unspecified atom stereocenters. The number of piperidine rings is 1. The van der Waals surface area contributed by atoms with Crippen LogP contribution in [-0.2, 0) is 21.9 Å². The smallest absolute Gasteiger partial charge is 0.265 e. The highest BCUT2D eigenvalue weighted by molar-refractivity contribution is 7.89. The first kappa shape index (κ1) is 23.0.